The highest BCUT2D eigenvalue weighted by Crippen LogP contribution is 2.58. The summed E-state index contributed by atoms with van der Waals surface area (Å²) in [5.74, 6) is -1.06. The van der Waals surface area contributed by atoms with E-state index in [4.69, 9.17) is 4.74 Å². The normalized spacial score (nSPS) is 32.4. The number of imide groups is 1. The number of likely N-dealkylation sites (tertiary alicyclic amines) is 1. The second-order valence-electron chi connectivity index (χ2n) is 7.75. The Morgan fingerprint density at radius 1 is 1.21 bits per heavy atom. The van der Waals surface area contributed by atoms with Crippen molar-refractivity contribution in [3.05, 3.63) is 29.8 Å². The van der Waals surface area contributed by atoms with Crippen LogP contribution in [0.3, 0.4) is 0 Å². The number of fused-ring (bicyclic) bond motifs is 3. The van der Waals surface area contributed by atoms with Crippen LogP contribution in [-0.4, -0.2) is 59.6 Å². The van der Waals surface area contributed by atoms with Crippen molar-refractivity contribution in [3.63, 3.8) is 0 Å². The van der Waals surface area contributed by atoms with Gasteiger partial charge >= 0.3 is 5.97 Å². The first-order chi connectivity index (χ1) is 13.5. The molecule has 2 amide bonds. The molecular weight excluding hydrogens is 376 g/mol. The van der Waals surface area contributed by atoms with Crippen molar-refractivity contribution in [1.82, 2.24) is 9.80 Å². The fraction of sp³-hybridized carbons (Fsp3) is 0.571. The van der Waals surface area contributed by atoms with E-state index >= 15 is 0 Å². The zero-order valence-corrected chi connectivity index (χ0v) is 17.3. The highest BCUT2D eigenvalue weighted by atomic mass is 32.2. The van der Waals surface area contributed by atoms with Crippen molar-refractivity contribution in [3.8, 4) is 0 Å². The second kappa shape index (κ2) is 7.19. The van der Waals surface area contributed by atoms with E-state index < -0.39 is 17.4 Å². The number of methoxy groups -OCH3 is 1. The number of carbonyl (C=O) groups excluding carboxylic acids is 3. The summed E-state index contributed by atoms with van der Waals surface area (Å²) in [5, 5.41) is 0. The molecule has 3 aliphatic rings. The van der Waals surface area contributed by atoms with Crippen LogP contribution < -0.4 is 0 Å². The lowest BCUT2D eigenvalue weighted by Crippen LogP contribution is -2.59. The molecule has 1 aromatic carbocycles. The van der Waals surface area contributed by atoms with Crippen LogP contribution >= 0.6 is 11.8 Å². The Labute approximate surface area is 169 Å². The number of amides is 2. The topological polar surface area (TPSA) is 66.9 Å². The van der Waals surface area contributed by atoms with E-state index in [9.17, 15) is 14.4 Å². The van der Waals surface area contributed by atoms with E-state index in [1.165, 1.54) is 24.0 Å². The Balaban J connectivity index is 1.84. The largest absolute Gasteiger partial charge is 0.468 e. The maximum absolute atomic E-state index is 13.1. The Bertz CT molecular complexity index is 811. The molecule has 150 valence electrons. The van der Waals surface area contributed by atoms with E-state index in [1.54, 1.807) is 11.8 Å². The Morgan fingerprint density at radius 3 is 2.57 bits per heavy atom. The van der Waals surface area contributed by atoms with Gasteiger partial charge in [-0.25, -0.2) is 0 Å². The molecule has 3 unspecified atom stereocenters. The molecule has 7 heteroatoms. The van der Waals surface area contributed by atoms with Crippen molar-refractivity contribution < 1.29 is 19.1 Å². The molecule has 0 radical (unpaired) electrons. The molecule has 28 heavy (non-hydrogen) atoms. The van der Waals surface area contributed by atoms with Gasteiger partial charge in [-0.15, -0.1) is 11.8 Å². The van der Waals surface area contributed by atoms with Crippen LogP contribution in [0.2, 0.25) is 0 Å². The highest BCUT2D eigenvalue weighted by molar-refractivity contribution is 7.99. The molecule has 4 rings (SSSR count). The summed E-state index contributed by atoms with van der Waals surface area (Å²) in [6.45, 7) is 2.79. The minimum absolute atomic E-state index is 0.190. The van der Waals surface area contributed by atoms with Gasteiger partial charge in [0.25, 0.3) is 0 Å². The molecule has 0 N–H and O–H groups in total. The standard InChI is InChI=1S/C21H26N2O4S/c1-4-28-14-9-7-13(8-10-14)17-15-16(19(25)22(2)18(15)24)21(20(26)27-3)11-5-6-12-23(17)21/h7-10,15-17H,4-6,11-12H2,1-3H3/t15?,16?,17?,21-/m0/s1. The van der Waals surface area contributed by atoms with E-state index in [2.05, 4.69) is 24.0 Å². The Hall–Kier alpha value is -1.86. The number of hydrogen-bond donors (Lipinski definition) is 0. The third-order valence-electron chi connectivity index (χ3n) is 6.55. The molecule has 6 nitrogen and oxygen atoms in total. The van der Waals surface area contributed by atoms with Crippen molar-refractivity contribution >= 4 is 29.5 Å². The van der Waals surface area contributed by atoms with Gasteiger partial charge in [-0.2, -0.15) is 0 Å². The van der Waals surface area contributed by atoms with E-state index in [-0.39, 0.29) is 23.8 Å². The van der Waals surface area contributed by atoms with E-state index in [1.807, 2.05) is 12.1 Å². The lowest BCUT2D eigenvalue weighted by Gasteiger charge is -2.44. The van der Waals surface area contributed by atoms with Gasteiger partial charge in [-0.1, -0.05) is 19.1 Å². The number of nitrogens with zero attached hydrogens (tertiary/aromatic N) is 2. The van der Waals surface area contributed by atoms with Crippen LogP contribution in [0.4, 0.5) is 0 Å². The van der Waals surface area contributed by atoms with Gasteiger partial charge in [0, 0.05) is 18.0 Å². The maximum atomic E-state index is 13.1. The smallest absolute Gasteiger partial charge is 0.327 e. The average Bonchev–Trinajstić information content (AvgIpc) is 3.15. The van der Waals surface area contributed by atoms with Crippen LogP contribution in [-0.2, 0) is 19.1 Å². The predicted molar refractivity (Wildman–Crippen MR) is 106 cm³/mol. The van der Waals surface area contributed by atoms with Gasteiger partial charge in [-0.3, -0.25) is 24.2 Å². The quantitative estimate of drug-likeness (QED) is 0.438. The van der Waals surface area contributed by atoms with Crippen molar-refractivity contribution in [2.24, 2.45) is 11.8 Å². The fourth-order valence-electron chi connectivity index (χ4n) is 5.43. The lowest BCUT2D eigenvalue weighted by molar-refractivity contribution is -0.163. The summed E-state index contributed by atoms with van der Waals surface area (Å²) < 4.78 is 5.19. The zero-order chi connectivity index (χ0) is 20.1. The summed E-state index contributed by atoms with van der Waals surface area (Å²) in [5.41, 5.74) is -0.0592. The highest BCUT2D eigenvalue weighted by Gasteiger charge is 2.72. The van der Waals surface area contributed by atoms with Gasteiger partial charge in [-0.05, 0) is 49.3 Å². The van der Waals surface area contributed by atoms with Crippen LogP contribution in [0.5, 0.6) is 0 Å². The zero-order valence-electron chi connectivity index (χ0n) is 16.5. The molecule has 3 fully saturated rings. The average molecular weight is 403 g/mol. The molecule has 0 spiro atoms. The number of esters is 1. The van der Waals surface area contributed by atoms with Gasteiger partial charge in [0.1, 0.15) is 5.54 Å². The summed E-state index contributed by atoms with van der Waals surface area (Å²) in [4.78, 5) is 43.6. The molecule has 0 aromatic heterocycles. The molecule has 4 atom stereocenters. The lowest BCUT2D eigenvalue weighted by atomic mass is 9.75. The Morgan fingerprint density at radius 2 is 1.93 bits per heavy atom. The van der Waals surface area contributed by atoms with Crippen LogP contribution in [0.25, 0.3) is 0 Å². The first-order valence-electron chi connectivity index (χ1n) is 9.86. The Kier molecular flexibility index (Phi) is 5.00. The van der Waals surface area contributed by atoms with Gasteiger partial charge < -0.3 is 4.74 Å². The number of piperidine rings is 1. The van der Waals surface area contributed by atoms with E-state index in [0.717, 1.165) is 24.2 Å². The minimum atomic E-state index is -1.04. The van der Waals surface area contributed by atoms with Gasteiger partial charge in [0.05, 0.1) is 18.9 Å². The fourth-order valence-corrected chi connectivity index (χ4v) is 6.09. The summed E-state index contributed by atoms with van der Waals surface area (Å²) in [7, 11) is 2.90. The number of carbonyl (C=O) groups is 3. The number of benzene rings is 1. The number of ether oxygens (including phenoxy) is 1. The molecule has 0 bridgehead atoms. The number of thioether (sulfide) groups is 1. The van der Waals surface area contributed by atoms with Crippen molar-refractivity contribution in [2.75, 3.05) is 26.5 Å². The number of hydrogen-bond acceptors (Lipinski definition) is 6. The van der Waals surface area contributed by atoms with Gasteiger partial charge in [0.2, 0.25) is 11.8 Å². The van der Waals surface area contributed by atoms with Gasteiger partial charge in [0.15, 0.2) is 0 Å². The summed E-state index contributed by atoms with van der Waals surface area (Å²) in [6.07, 6.45) is 2.34. The molecule has 0 aliphatic carbocycles. The van der Waals surface area contributed by atoms with Crippen LogP contribution in [0.1, 0.15) is 37.8 Å². The van der Waals surface area contributed by atoms with Crippen molar-refractivity contribution in [2.45, 2.75) is 42.7 Å². The molecular formula is C21H26N2O4S. The molecule has 3 saturated heterocycles. The molecule has 3 heterocycles. The first-order valence-corrected chi connectivity index (χ1v) is 10.8. The maximum Gasteiger partial charge on any atom is 0.327 e. The third kappa shape index (κ3) is 2.55. The molecule has 1 aromatic rings. The van der Waals surface area contributed by atoms with Crippen LogP contribution in [0, 0.1) is 11.8 Å². The van der Waals surface area contributed by atoms with Crippen molar-refractivity contribution in [1.29, 1.82) is 0 Å². The summed E-state index contributed by atoms with van der Waals surface area (Å²) >= 11 is 1.76. The SMILES string of the molecule is CCSc1ccc(C2C3C(=O)N(C)C(=O)C3[C@]3(C(=O)OC)CCCCN23)cc1. The monoisotopic (exact) mass is 402 g/mol. The summed E-state index contributed by atoms with van der Waals surface area (Å²) in [6, 6.07) is 7.92. The predicted octanol–water partition coefficient (Wildman–Crippen LogP) is 2.48. The number of rotatable bonds is 4. The van der Waals surface area contributed by atoms with E-state index in [0.29, 0.717) is 13.0 Å². The minimum Gasteiger partial charge on any atom is -0.468 e. The molecule has 0 saturated carbocycles. The second-order valence-corrected chi connectivity index (χ2v) is 9.09. The third-order valence-corrected chi connectivity index (χ3v) is 7.45. The van der Waals surface area contributed by atoms with Crippen LogP contribution in [0.15, 0.2) is 29.2 Å². The first kappa shape index (κ1) is 19.5. The molecule has 3 aliphatic heterocycles.